The molecule has 0 radical (unpaired) electrons. The summed E-state index contributed by atoms with van der Waals surface area (Å²) in [7, 11) is 56.7. The molecule has 0 aliphatic heterocycles. The van der Waals surface area contributed by atoms with Crippen molar-refractivity contribution in [2.24, 2.45) is 0 Å². The molecule has 1 nitrogen and oxygen atoms in total. The molecule has 0 saturated carbocycles. The molecule has 286 valence electrons. The molecular formula is C40H48B24O. The molecule has 0 aliphatic carbocycles. The summed E-state index contributed by atoms with van der Waals surface area (Å²) in [6.45, 7) is 0. The second-order valence-electron chi connectivity index (χ2n) is 21.0. The van der Waals surface area contributed by atoms with Gasteiger partial charge in [-0.1, -0.05) is 76.5 Å². The third-order valence-corrected chi connectivity index (χ3v) is 18.8. The Morgan fingerprint density at radius 2 is 0.369 bits per heavy atom. The van der Waals surface area contributed by atoms with Crippen LogP contribution in [0.3, 0.4) is 0 Å². The van der Waals surface area contributed by atoms with Gasteiger partial charge in [0.2, 0.25) is 0 Å². The molecule has 0 fully saturated rings. The van der Waals surface area contributed by atoms with E-state index in [9.17, 15) is 0 Å². The maximum absolute atomic E-state index is 7.24. The van der Waals surface area contributed by atoms with Crippen LogP contribution in [0.15, 0.2) is 4.42 Å². The lowest BCUT2D eigenvalue weighted by molar-refractivity contribution is 0.675. The van der Waals surface area contributed by atoms with Gasteiger partial charge < -0.3 is 4.42 Å². The van der Waals surface area contributed by atoms with Crippen molar-refractivity contribution in [3.8, 4) is 22.3 Å². The highest BCUT2D eigenvalue weighted by Gasteiger charge is 2.31. The summed E-state index contributed by atoms with van der Waals surface area (Å²) in [4.78, 5) is 0. The van der Waals surface area contributed by atoms with Crippen LogP contribution in [0.1, 0.15) is 0 Å². The molecule has 1 aromatic heterocycles. The zero-order chi connectivity index (χ0) is 47.8. The predicted octanol–water partition coefficient (Wildman–Crippen LogP) is -30.3. The summed E-state index contributed by atoms with van der Waals surface area (Å²) in [6.07, 6.45) is 0. The SMILES string of the molecule is Bc1c(-c2c3c(B)c(B)c(B)c(B)c3c(-c3c(B)c(B)c(B)c4c(B)c(B)c(B)c(B)c34)c3c(B)c(B)c(B)c(B)c23)c(B)c2c(oc3c(B)c4c(B)c(B)c(B)c(B)c4c(B)c32)c1B. The third-order valence-electron chi connectivity index (χ3n) is 18.8. The molecule has 0 N–H and O–H groups in total. The van der Waals surface area contributed by atoms with E-state index in [0.29, 0.717) is 0 Å². The van der Waals surface area contributed by atoms with Crippen LogP contribution in [0, 0.1) is 0 Å². The summed E-state index contributed by atoms with van der Waals surface area (Å²) in [5.41, 5.74) is 40.5. The Labute approximate surface area is 408 Å². The molecule has 8 aromatic carbocycles. The van der Waals surface area contributed by atoms with Crippen LogP contribution in [0.4, 0.5) is 0 Å². The highest BCUT2D eigenvalue weighted by Crippen LogP contribution is 2.41. The van der Waals surface area contributed by atoms with Crippen molar-refractivity contribution in [3.05, 3.63) is 0 Å². The van der Waals surface area contributed by atoms with Gasteiger partial charge in [-0.2, -0.15) is 0 Å². The predicted molar refractivity (Wildman–Crippen MR) is 371 cm³/mol. The molecule has 0 atom stereocenters. The standard InChI is InChI=1S/C40H48B24O/c41-15-9(27(53)38(64)40-14(15)13-16(42)11-12(28(54)39(13)65-40)26(52)37(63)36(62)25(11)51)2-6-3(18(44)30(56)32(58)20(6)46)1(4-7(2)21(47)33(59)31(57)19(4)45)5-8-10(23(49)29(55)17(5)43)24(50)35(61)34(60)22(8)48/h41-64H2. The summed E-state index contributed by atoms with van der Waals surface area (Å²) in [5, 5.41) is 13.8. The van der Waals surface area contributed by atoms with Crippen LogP contribution >= 0.6 is 0 Å². The summed E-state index contributed by atoms with van der Waals surface area (Å²) in [6, 6.07) is 0. The van der Waals surface area contributed by atoms with E-state index >= 15 is 0 Å². The molecule has 25 heteroatoms. The van der Waals surface area contributed by atoms with E-state index in [1.54, 1.807) is 0 Å². The van der Waals surface area contributed by atoms with Crippen LogP contribution in [0.2, 0.25) is 0 Å². The summed E-state index contributed by atoms with van der Waals surface area (Å²) < 4.78 is 7.24. The van der Waals surface area contributed by atoms with Crippen molar-refractivity contribution in [1.29, 1.82) is 0 Å². The monoisotopic (exact) mass is 809 g/mol. The molecule has 9 aromatic rings. The van der Waals surface area contributed by atoms with Gasteiger partial charge in [-0.15, -0.1) is 49.2 Å². The Hall–Kier alpha value is -3.84. The number of rotatable bonds is 2. The van der Waals surface area contributed by atoms with Crippen LogP contribution in [-0.2, 0) is 0 Å². The van der Waals surface area contributed by atoms with Crippen LogP contribution in [0.5, 0.6) is 0 Å². The van der Waals surface area contributed by atoms with Crippen LogP contribution in [0.25, 0.3) is 87.3 Å². The van der Waals surface area contributed by atoms with Gasteiger partial charge in [0.25, 0.3) is 0 Å². The molecule has 1 heterocycles. The first-order chi connectivity index (χ1) is 30.3. The number of furan rings is 1. The van der Waals surface area contributed by atoms with Crippen LogP contribution < -0.4 is 131 Å². The van der Waals surface area contributed by atoms with Crippen molar-refractivity contribution in [1.82, 2.24) is 0 Å². The Morgan fingerprint density at radius 1 is 0.138 bits per heavy atom. The first-order valence-electron chi connectivity index (χ1n) is 24.2. The molecule has 0 saturated heterocycles. The molecule has 0 spiro atoms. The van der Waals surface area contributed by atoms with Gasteiger partial charge in [-0.25, -0.2) is 0 Å². The second-order valence-corrected chi connectivity index (χ2v) is 21.0. The molecular weight excluding hydrogens is 756 g/mol. The number of benzene rings is 8. The third kappa shape index (κ3) is 5.75. The van der Waals surface area contributed by atoms with Gasteiger partial charge in [-0.3, -0.25) is 0 Å². The molecule has 0 unspecified atom stereocenters. The van der Waals surface area contributed by atoms with E-state index in [-0.39, 0.29) is 0 Å². The lowest BCUT2D eigenvalue weighted by Gasteiger charge is -2.32. The average Bonchev–Trinajstić information content (AvgIpc) is 3.69. The quantitative estimate of drug-likeness (QED) is 0.125. The lowest BCUT2D eigenvalue weighted by Crippen LogP contribution is -2.53. The van der Waals surface area contributed by atoms with Crippen molar-refractivity contribution >= 4 is 384 Å². The maximum atomic E-state index is 7.24. The zero-order valence-electron chi connectivity index (χ0n) is 44.4. The maximum Gasteiger partial charge on any atom is 0.145 e. The molecule has 65 heavy (non-hydrogen) atoms. The van der Waals surface area contributed by atoms with Gasteiger partial charge in [0, 0.05) is 10.8 Å². The van der Waals surface area contributed by atoms with Gasteiger partial charge in [0.1, 0.15) is 199 Å². The first kappa shape index (κ1) is 46.3. The molecule has 9 rings (SSSR count). The fraction of sp³-hybridized carbons (Fsp3) is 0. The second kappa shape index (κ2) is 15.3. The molecule has 0 bridgehead atoms. The Morgan fingerprint density at radius 3 is 0.738 bits per heavy atom. The van der Waals surface area contributed by atoms with Gasteiger partial charge in [-0.05, 0) is 70.8 Å². The smallest absolute Gasteiger partial charge is 0.145 e. The molecule has 0 aliphatic rings. The average molecular weight is 804 g/mol. The van der Waals surface area contributed by atoms with Crippen molar-refractivity contribution in [2.75, 3.05) is 0 Å². The largest absolute Gasteiger partial charge is 0.457 e. The highest BCUT2D eigenvalue weighted by molar-refractivity contribution is 6.77. The number of hydrogen-bond donors (Lipinski definition) is 0. The van der Waals surface area contributed by atoms with E-state index in [4.69, 9.17) is 4.42 Å². The summed E-state index contributed by atoms with van der Waals surface area (Å²) in [5.74, 6) is 0. The van der Waals surface area contributed by atoms with E-state index in [1.807, 2.05) is 0 Å². The van der Waals surface area contributed by atoms with E-state index in [2.05, 4.69) is 188 Å². The van der Waals surface area contributed by atoms with Crippen molar-refractivity contribution in [3.63, 3.8) is 0 Å². The molecule has 0 amide bonds. The van der Waals surface area contributed by atoms with E-state index in [0.717, 1.165) is 11.2 Å². The fourth-order valence-electron chi connectivity index (χ4n) is 13.2. The minimum atomic E-state index is 1.03. The lowest BCUT2D eigenvalue weighted by atomic mass is 9.56. The fourth-order valence-corrected chi connectivity index (χ4v) is 13.2. The normalized spacial score (nSPS) is 11.9. The topological polar surface area (TPSA) is 13.1 Å². The summed E-state index contributed by atoms with van der Waals surface area (Å²) >= 11 is 0. The first-order valence-corrected chi connectivity index (χ1v) is 24.2. The zero-order valence-corrected chi connectivity index (χ0v) is 44.4. The Bertz CT molecular complexity index is 3730. The Balaban J connectivity index is 1.64. The van der Waals surface area contributed by atoms with Crippen molar-refractivity contribution in [2.45, 2.75) is 0 Å². The van der Waals surface area contributed by atoms with E-state index in [1.165, 1.54) is 207 Å². The van der Waals surface area contributed by atoms with Gasteiger partial charge in [0.15, 0.2) is 0 Å². The van der Waals surface area contributed by atoms with Crippen molar-refractivity contribution < 1.29 is 4.42 Å². The highest BCUT2D eigenvalue weighted by atomic mass is 16.3. The van der Waals surface area contributed by atoms with Gasteiger partial charge >= 0.3 is 0 Å². The van der Waals surface area contributed by atoms with Gasteiger partial charge in [0.05, 0.1) is 0 Å². The number of hydrogen-bond acceptors (Lipinski definition) is 1. The number of fused-ring (bicyclic) bond motifs is 7. The minimum absolute atomic E-state index is 1.03. The van der Waals surface area contributed by atoms with Crippen LogP contribution in [-0.4, -0.2) is 188 Å². The van der Waals surface area contributed by atoms with E-state index < -0.39 is 0 Å². The Kier molecular flexibility index (Phi) is 10.9. The minimum Gasteiger partial charge on any atom is -0.457 e.